The number of carboxylic acid groups (broad SMARTS) is 1. The summed E-state index contributed by atoms with van der Waals surface area (Å²) in [4.78, 5) is 16.2. The van der Waals surface area contributed by atoms with Crippen LogP contribution in [0.2, 0.25) is 0 Å². The fraction of sp³-hybridized carbons (Fsp3) is 0.235. The van der Waals surface area contributed by atoms with Crippen molar-refractivity contribution in [2.75, 3.05) is 0 Å². The molecule has 0 bridgehead atoms. The highest BCUT2D eigenvalue weighted by Gasteiger charge is 2.17. The van der Waals surface area contributed by atoms with Crippen LogP contribution in [0.1, 0.15) is 35.8 Å². The maximum Gasteiger partial charge on any atom is 0.336 e. The second-order valence-corrected chi connectivity index (χ2v) is 5.65. The average Bonchev–Trinajstić information content (AvgIpc) is 2.90. The summed E-state index contributed by atoms with van der Waals surface area (Å²) in [6.45, 7) is 6.00. The van der Waals surface area contributed by atoms with Crippen molar-refractivity contribution < 1.29 is 9.90 Å². The molecule has 0 aliphatic carbocycles. The molecule has 0 saturated heterocycles. The van der Waals surface area contributed by atoms with Crippen molar-refractivity contribution in [2.45, 2.75) is 26.8 Å². The van der Waals surface area contributed by atoms with Crippen LogP contribution in [0.4, 0.5) is 0 Å². The number of aromatic carboxylic acids is 1. The molecule has 5 nitrogen and oxygen atoms in total. The van der Waals surface area contributed by atoms with Gasteiger partial charge in [0, 0.05) is 11.6 Å². The van der Waals surface area contributed by atoms with E-state index in [9.17, 15) is 9.90 Å². The standard InChI is InChI=1S/C17H17N3O2/c1-10(2)20-16-14(9-18-20)13(17(21)22)8-15(19-16)12-6-4-11(3)5-7-12/h4-10H,1-3H3,(H,21,22). The lowest BCUT2D eigenvalue weighted by Crippen LogP contribution is -2.05. The number of hydrogen-bond donors (Lipinski definition) is 1. The van der Waals surface area contributed by atoms with Crippen LogP contribution in [0.25, 0.3) is 22.3 Å². The van der Waals surface area contributed by atoms with Crippen LogP contribution in [-0.4, -0.2) is 25.8 Å². The van der Waals surface area contributed by atoms with E-state index in [1.165, 1.54) is 0 Å². The van der Waals surface area contributed by atoms with E-state index in [0.29, 0.717) is 16.7 Å². The Morgan fingerprint density at radius 3 is 2.50 bits per heavy atom. The van der Waals surface area contributed by atoms with E-state index in [0.717, 1.165) is 11.1 Å². The molecule has 0 fully saturated rings. The molecule has 1 aromatic carbocycles. The van der Waals surface area contributed by atoms with Gasteiger partial charge in [0.25, 0.3) is 0 Å². The number of carboxylic acids is 1. The molecule has 112 valence electrons. The summed E-state index contributed by atoms with van der Waals surface area (Å²) in [6, 6.07) is 9.60. The number of rotatable bonds is 3. The van der Waals surface area contributed by atoms with E-state index in [2.05, 4.69) is 10.1 Å². The molecule has 5 heteroatoms. The van der Waals surface area contributed by atoms with Crippen LogP contribution in [0.5, 0.6) is 0 Å². The first-order valence-electron chi connectivity index (χ1n) is 7.16. The van der Waals surface area contributed by atoms with Crippen LogP contribution in [0.15, 0.2) is 36.5 Å². The Kier molecular flexibility index (Phi) is 3.41. The normalized spacial score (nSPS) is 11.3. The Bertz CT molecular complexity index is 848. The van der Waals surface area contributed by atoms with Gasteiger partial charge in [0.1, 0.15) is 0 Å². The maximum atomic E-state index is 11.6. The average molecular weight is 295 g/mol. The molecule has 0 amide bonds. The minimum Gasteiger partial charge on any atom is -0.478 e. The van der Waals surface area contributed by atoms with E-state index < -0.39 is 5.97 Å². The summed E-state index contributed by atoms with van der Waals surface area (Å²) in [5.41, 5.74) is 3.52. The molecule has 22 heavy (non-hydrogen) atoms. The van der Waals surface area contributed by atoms with Crippen LogP contribution < -0.4 is 0 Å². The largest absolute Gasteiger partial charge is 0.478 e. The minimum atomic E-state index is -0.968. The first kappa shape index (κ1) is 14.3. The first-order valence-corrected chi connectivity index (χ1v) is 7.16. The summed E-state index contributed by atoms with van der Waals surface area (Å²) in [5, 5.41) is 14.3. The lowest BCUT2D eigenvalue weighted by molar-refractivity contribution is 0.0699. The first-order chi connectivity index (χ1) is 10.5. The van der Waals surface area contributed by atoms with E-state index in [4.69, 9.17) is 0 Å². The van der Waals surface area contributed by atoms with Gasteiger partial charge in [-0.15, -0.1) is 0 Å². The van der Waals surface area contributed by atoms with Gasteiger partial charge in [-0.2, -0.15) is 5.10 Å². The predicted octanol–water partition coefficient (Wildman–Crippen LogP) is 3.69. The summed E-state index contributed by atoms with van der Waals surface area (Å²) >= 11 is 0. The molecule has 2 heterocycles. The van der Waals surface area contributed by atoms with Crippen LogP contribution in [0.3, 0.4) is 0 Å². The number of benzene rings is 1. The smallest absolute Gasteiger partial charge is 0.336 e. The molecule has 0 atom stereocenters. The Hall–Kier alpha value is -2.69. The molecule has 0 unspecified atom stereocenters. The number of hydrogen-bond acceptors (Lipinski definition) is 3. The van der Waals surface area contributed by atoms with Gasteiger partial charge in [-0.1, -0.05) is 29.8 Å². The molecule has 3 aromatic rings. The Morgan fingerprint density at radius 2 is 1.91 bits per heavy atom. The van der Waals surface area contributed by atoms with Crippen molar-refractivity contribution in [1.29, 1.82) is 0 Å². The van der Waals surface area contributed by atoms with Crippen molar-refractivity contribution in [1.82, 2.24) is 14.8 Å². The summed E-state index contributed by atoms with van der Waals surface area (Å²) in [6.07, 6.45) is 1.57. The molecule has 0 aliphatic rings. The molecular weight excluding hydrogens is 278 g/mol. The third-order valence-corrected chi connectivity index (χ3v) is 3.63. The maximum absolute atomic E-state index is 11.6. The zero-order valence-electron chi connectivity index (χ0n) is 12.7. The number of aromatic nitrogens is 3. The van der Waals surface area contributed by atoms with Crippen molar-refractivity contribution in [3.8, 4) is 11.3 Å². The van der Waals surface area contributed by atoms with Gasteiger partial charge in [-0.25, -0.2) is 14.5 Å². The number of aryl methyl sites for hydroxylation is 1. The zero-order valence-corrected chi connectivity index (χ0v) is 12.7. The highest BCUT2D eigenvalue weighted by atomic mass is 16.4. The van der Waals surface area contributed by atoms with Gasteiger partial charge in [0.05, 0.1) is 22.8 Å². The lowest BCUT2D eigenvalue weighted by Gasteiger charge is -2.09. The molecule has 0 saturated carbocycles. The molecular formula is C17H17N3O2. The Balaban J connectivity index is 2.29. The van der Waals surface area contributed by atoms with Crippen molar-refractivity contribution in [2.24, 2.45) is 0 Å². The third kappa shape index (κ3) is 2.35. The van der Waals surface area contributed by atoms with Gasteiger partial charge in [-0.3, -0.25) is 0 Å². The van der Waals surface area contributed by atoms with E-state index in [1.54, 1.807) is 16.9 Å². The lowest BCUT2D eigenvalue weighted by atomic mass is 10.1. The molecule has 3 rings (SSSR count). The van der Waals surface area contributed by atoms with Gasteiger partial charge in [-0.05, 0) is 26.8 Å². The number of fused-ring (bicyclic) bond motifs is 1. The third-order valence-electron chi connectivity index (χ3n) is 3.63. The Labute approximate surface area is 128 Å². The van der Waals surface area contributed by atoms with Crippen LogP contribution in [0, 0.1) is 6.92 Å². The zero-order chi connectivity index (χ0) is 15.9. The van der Waals surface area contributed by atoms with E-state index in [1.807, 2.05) is 45.0 Å². The van der Waals surface area contributed by atoms with Gasteiger partial charge < -0.3 is 5.11 Å². The molecule has 2 aromatic heterocycles. The fourth-order valence-electron chi connectivity index (χ4n) is 2.45. The number of pyridine rings is 1. The second-order valence-electron chi connectivity index (χ2n) is 5.65. The topological polar surface area (TPSA) is 68.0 Å². The molecule has 0 spiro atoms. The Morgan fingerprint density at radius 1 is 1.23 bits per heavy atom. The van der Waals surface area contributed by atoms with Gasteiger partial charge in [0.15, 0.2) is 5.65 Å². The molecule has 1 N–H and O–H groups in total. The van der Waals surface area contributed by atoms with E-state index in [-0.39, 0.29) is 11.6 Å². The van der Waals surface area contributed by atoms with Crippen molar-refractivity contribution in [3.63, 3.8) is 0 Å². The SMILES string of the molecule is Cc1ccc(-c2cc(C(=O)O)c3cnn(C(C)C)c3n2)cc1. The van der Waals surface area contributed by atoms with Crippen LogP contribution >= 0.6 is 0 Å². The summed E-state index contributed by atoms with van der Waals surface area (Å²) < 4.78 is 1.75. The quantitative estimate of drug-likeness (QED) is 0.800. The highest BCUT2D eigenvalue weighted by molar-refractivity contribution is 6.02. The van der Waals surface area contributed by atoms with E-state index >= 15 is 0 Å². The second kappa shape index (κ2) is 5.26. The summed E-state index contributed by atoms with van der Waals surface area (Å²) in [7, 11) is 0. The van der Waals surface area contributed by atoms with Crippen molar-refractivity contribution >= 4 is 17.0 Å². The highest BCUT2D eigenvalue weighted by Crippen LogP contribution is 2.26. The van der Waals surface area contributed by atoms with Crippen molar-refractivity contribution in [3.05, 3.63) is 47.7 Å². The summed E-state index contributed by atoms with van der Waals surface area (Å²) in [5.74, 6) is -0.968. The molecule has 0 aliphatic heterocycles. The molecule has 0 radical (unpaired) electrons. The van der Waals surface area contributed by atoms with Crippen LogP contribution in [-0.2, 0) is 0 Å². The minimum absolute atomic E-state index is 0.111. The fourth-order valence-corrected chi connectivity index (χ4v) is 2.45. The predicted molar refractivity (Wildman–Crippen MR) is 85.0 cm³/mol. The van der Waals surface area contributed by atoms with Gasteiger partial charge >= 0.3 is 5.97 Å². The number of carbonyl (C=O) groups is 1. The van der Waals surface area contributed by atoms with Gasteiger partial charge in [0.2, 0.25) is 0 Å². The number of nitrogens with zero attached hydrogens (tertiary/aromatic N) is 3. The monoisotopic (exact) mass is 295 g/mol.